The van der Waals surface area contributed by atoms with Crippen molar-refractivity contribution in [2.75, 3.05) is 18.8 Å². The highest BCUT2D eigenvalue weighted by atomic mass is 32.2. The lowest BCUT2D eigenvalue weighted by Gasteiger charge is -2.17. The van der Waals surface area contributed by atoms with Crippen LogP contribution in [0.5, 0.6) is 5.75 Å². The lowest BCUT2D eigenvalue weighted by molar-refractivity contribution is 0.214. The quantitative estimate of drug-likeness (QED) is 0.813. The molecule has 1 aliphatic rings. The van der Waals surface area contributed by atoms with Crippen molar-refractivity contribution in [2.45, 2.75) is 18.9 Å². The fourth-order valence-corrected chi connectivity index (χ4v) is 4.21. The molecule has 0 saturated carbocycles. The Morgan fingerprint density at radius 1 is 1.17 bits per heavy atom. The van der Waals surface area contributed by atoms with Gasteiger partial charge in [-0.1, -0.05) is 30.3 Å². The summed E-state index contributed by atoms with van der Waals surface area (Å²) in [6, 6.07) is 13.3. The maximum atomic E-state index is 12.5. The zero-order valence-electron chi connectivity index (χ0n) is 12.8. The molecule has 1 aromatic carbocycles. The smallest absolute Gasteiger partial charge is 0.214 e. The SMILES string of the molecule is O=S(=O)(CCc1ccccc1)N1CC[C@H](Oc2cccnc2)C1. The Morgan fingerprint density at radius 3 is 2.74 bits per heavy atom. The summed E-state index contributed by atoms with van der Waals surface area (Å²) in [6.45, 7) is 0.925. The van der Waals surface area contributed by atoms with Crippen molar-refractivity contribution in [1.82, 2.24) is 9.29 Å². The third-order valence-electron chi connectivity index (χ3n) is 3.93. The van der Waals surface area contributed by atoms with E-state index >= 15 is 0 Å². The van der Waals surface area contributed by atoms with Gasteiger partial charge in [-0.05, 0) is 30.5 Å². The van der Waals surface area contributed by atoms with Crippen LogP contribution in [0.4, 0.5) is 0 Å². The molecular formula is C17H20N2O3S. The largest absolute Gasteiger partial charge is 0.487 e. The Hall–Kier alpha value is -1.92. The van der Waals surface area contributed by atoms with Gasteiger partial charge in [-0.3, -0.25) is 4.98 Å². The minimum Gasteiger partial charge on any atom is -0.487 e. The fraction of sp³-hybridized carbons (Fsp3) is 0.353. The molecule has 0 aliphatic carbocycles. The van der Waals surface area contributed by atoms with Crippen molar-refractivity contribution in [1.29, 1.82) is 0 Å². The van der Waals surface area contributed by atoms with E-state index in [0.717, 1.165) is 5.56 Å². The van der Waals surface area contributed by atoms with Crippen LogP contribution in [0, 0.1) is 0 Å². The molecule has 0 bridgehead atoms. The molecule has 23 heavy (non-hydrogen) atoms. The average Bonchev–Trinajstić information content (AvgIpc) is 3.04. The molecule has 1 atom stereocenters. The molecule has 6 heteroatoms. The summed E-state index contributed by atoms with van der Waals surface area (Å²) in [5, 5.41) is 0. The van der Waals surface area contributed by atoms with Gasteiger partial charge in [0.1, 0.15) is 11.9 Å². The molecular weight excluding hydrogens is 312 g/mol. The second kappa shape index (κ2) is 7.10. The number of rotatable bonds is 6. The van der Waals surface area contributed by atoms with Gasteiger partial charge < -0.3 is 4.74 Å². The molecule has 122 valence electrons. The van der Waals surface area contributed by atoms with E-state index in [0.29, 0.717) is 31.7 Å². The van der Waals surface area contributed by atoms with Gasteiger partial charge >= 0.3 is 0 Å². The highest BCUT2D eigenvalue weighted by molar-refractivity contribution is 7.89. The van der Waals surface area contributed by atoms with Crippen LogP contribution >= 0.6 is 0 Å². The van der Waals surface area contributed by atoms with Crippen molar-refractivity contribution in [3.63, 3.8) is 0 Å². The number of ether oxygens (including phenoxy) is 1. The van der Waals surface area contributed by atoms with Gasteiger partial charge in [-0.2, -0.15) is 4.31 Å². The van der Waals surface area contributed by atoms with E-state index in [9.17, 15) is 8.42 Å². The van der Waals surface area contributed by atoms with Crippen LogP contribution < -0.4 is 4.74 Å². The van der Waals surface area contributed by atoms with Crippen LogP contribution in [-0.2, 0) is 16.4 Å². The Bertz CT molecular complexity index is 720. The monoisotopic (exact) mass is 332 g/mol. The zero-order valence-corrected chi connectivity index (χ0v) is 13.7. The Kier molecular flexibility index (Phi) is 4.93. The van der Waals surface area contributed by atoms with Gasteiger partial charge in [-0.25, -0.2) is 8.42 Å². The molecule has 2 aromatic rings. The Morgan fingerprint density at radius 2 is 2.00 bits per heavy atom. The highest BCUT2D eigenvalue weighted by Crippen LogP contribution is 2.20. The Balaban J connectivity index is 1.55. The molecule has 1 fully saturated rings. The van der Waals surface area contributed by atoms with E-state index in [-0.39, 0.29) is 11.9 Å². The molecule has 0 spiro atoms. The maximum absolute atomic E-state index is 12.5. The summed E-state index contributed by atoms with van der Waals surface area (Å²) >= 11 is 0. The van der Waals surface area contributed by atoms with E-state index in [1.54, 1.807) is 18.5 Å². The lowest BCUT2D eigenvalue weighted by atomic mass is 10.2. The summed E-state index contributed by atoms with van der Waals surface area (Å²) in [4.78, 5) is 4.00. The predicted molar refractivity (Wildman–Crippen MR) is 88.8 cm³/mol. The summed E-state index contributed by atoms with van der Waals surface area (Å²) in [6.07, 6.45) is 4.47. The Labute approximate surface area is 137 Å². The standard InChI is InChI=1S/C17H20N2O3S/c20-23(21,12-9-15-5-2-1-3-6-15)19-11-8-17(14-19)22-16-7-4-10-18-13-16/h1-7,10,13,17H,8-9,11-12,14H2/t17-/m0/s1. The summed E-state index contributed by atoms with van der Waals surface area (Å²) < 4.78 is 32.3. The molecule has 3 rings (SSSR count). The molecule has 1 saturated heterocycles. The summed E-state index contributed by atoms with van der Waals surface area (Å²) in [5.74, 6) is 0.817. The van der Waals surface area contributed by atoms with E-state index in [1.165, 1.54) is 4.31 Å². The number of sulfonamides is 1. The van der Waals surface area contributed by atoms with Crippen LogP contribution in [0.3, 0.4) is 0 Å². The van der Waals surface area contributed by atoms with Crippen molar-refractivity contribution < 1.29 is 13.2 Å². The van der Waals surface area contributed by atoms with E-state index < -0.39 is 10.0 Å². The number of hydrogen-bond donors (Lipinski definition) is 0. The van der Waals surface area contributed by atoms with Gasteiger partial charge in [0.05, 0.1) is 18.5 Å². The van der Waals surface area contributed by atoms with Gasteiger partial charge in [0, 0.05) is 12.7 Å². The van der Waals surface area contributed by atoms with Gasteiger partial charge in [0.15, 0.2) is 0 Å². The third kappa shape index (κ3) is 4.30. The molecule has 1 aliphatic heterocycles. The molecule has 2 heterocycles. The number of benzene rings is 1. The van der Waals surface area contributed by atoms with Crippen LogP contribution in [0.15, 0.2) is 54.9 Å². The van der Waals surface area contributed by atoms with Crippen molar-refractivity contribution in [2.24, 2.45) is 0 Å². The van der Waals surface area contributed by atoms with E-state index in [1.807, 2.05) is 36.4 Å². The van der Waals surface area contributed by atoms with E-state index in [2.05, 4.69) is 4.98 Å². The number of hydrogen-bond acceptors (Lipinski definition) is 4. The second-order valence-corrected chi connectivity index (χ2v) is 7.72. The number of aromatic nitrogens is 1. The van der Waals surface area contributed by atoms with Gasteiger partial charge in [-0.15, -0.1) is 0 Å². The fourth-order valence-electron chi connectivity index (χ4n) is 2.68. The summed E-state index contributed by atoms with van der Waals surface area (Å²) in [5.41, 5.74) is 1.04. The first-order chi connectivity index (χ1) is 11.1. The molecule has 0 N–H and O–H groups in total. The van der Waals surface area contributed by atoms with Crippen molar-refractivity contribution in [3.8, 4) is 5.75 Å². The molecule has 5 nitrogen and oxygen atoms in total. The van der Waals surface area contributed by atoms with Crippen LogP contribution in [0.2, 0.25) is 0 Å². The average molecular weight is 332 g/mol. The van der Waals surface area contributed by atoms with Crippen LogP contribution in [-0.4, -0.2) is 42.7 Å². The minimum absolute atomic E-state index is 0.106. The first-order valence-corrected chi connectivity index (χ1v) is 9.33. The highest BCUT2D eigenvalue weighted by Gasteiger charge is 2.32. The minimum atomic E-state index is -3.25. The number of pyridine rings is 1. The number of nitrogens with zero attached hydrogens (tertiary/aromatic N) is 2. The first kappa shape index (κ1) is 16.0. The summed E-state index contributed by atoms with van der Waals surface area (Å²) in [7, 11) is -3.25. The van der Waals surface area contributed by atoms with Crippen molar-refractivity contribution >= 4 is 10.0 Å². The first-order valence-electron chi connectivity index (χ1n) is 7.72. The van der Waals surface area contributed by atoms with Gasteiger partial charge in [0.25, 0.3) is 0 Å². The van der Waals surface area contributed by atoms with Crippen LogP contribution in [0.1, 0.15) is 12.0 Å². The van der Waals surface area contributed by atoms with Crippen LogP contribution in [0.25, 0.3) is 0 Å². The molecule has 0 amide bonds. The molecule has 1 aromatic heterocycles. The third-order valence-corrected chi connectivity index (χ3v) is 5.77. The molecule has 0 unspecified atom stereocenters. The molecule has 0 radical (unpaired) electrons. The van der Waals surface area contributed by atoms with Crippen molar-refractivity contribution in [3.05, 3.63) is 60.4 Å². The predicted octanol–water partition coefficient (Wildman–Crippen LogP) is 2.11. The van der Waals surface area contributed by atoms with Gasteiger partial charge in [0.2, 0.25) is 10.0 Å². The lowest BCUT2D eigenvalue weighted by Crippen LogP contribution is -2.33. The van der Waals surface area contributed by atoms with E-state index in [4.69, 9.17) is 4.74 Å². The second-order valence-electron chi connectivity index (χ2n) is 5.63. The topological polar surface area (TPSA) is 59.5 Å². The normalized spacial score (nSPS) is 18.9. The zero-order chi connectivity index (χ0) is 16.1. The maximum Gasteiger partial charge on any atom is 0.214 e. The number of aryl methyl sites for hydroxylation is 1.